The molecule has 0 saturated carbocycles. The first-order valence-electron chi connectivity index (χ1n) is 8.02. The molecule has 27 heavy (non-hydrogen) atoms. The molecule has 1 amide bonds. The molecule has 0 fully saturated rings. The molecule has 0 radical (unpaired) electrons. The van der Waals surface area contributed by atoms with E-state index >= 15 is 0 Å². The van der Waals surface area contributed by atoms with Crippen LogP contribution in [-0.2, 0) is 0 Å². The molecule has 0 spiro atoms. The van der Waals surface area contributed by atoms with Gasteiger partial charge in [0.15, 0.2) is 0 Å². The van der Waals surface area contributed by atoms with Crippen LogP contribution in [0.1, 0.15) is 15.9 Å². The van der Waals surface area contributed by atoms with Crippen molar-refractivity contribution < 1.29 is 18.3 Å². The van der Waals surface area contributed by atoms with Crippen molar-refractivity contribution in [1.29, 1.82) is 0 Å². The fraction of sp³-hybridized carbons (Fsp3) is 0.105. The number of benzene rings is 2. The maximum Gasteiger partial charge on any atom is 0.387 e. The Bertz CT molecular complexity index is 919. The highest BCUT2D eigenvalue weighted by atomic mass is 19.3. The number of halogens is 2. The van der Waals surface area contributed by atoms with Crippen LogP contribution in [0.2, 0.25) is 0 Å². The van der Waals surface area contributed by atoms with E-state index in [1.807, 2.05) is 0 Å². The number of carbonyl (C=O) groups excluding carboxylic acids is 1. The van der Waals surface area contributed by atoms with Crippen molar-refractivity contribution in [1.82, 2.24) is 9.97 Å². The fourth-order valence-corrected chi connectivity index (χ4v) is 2.33. The highest BCUT2D eigenvalue weighted by Gasteiger charge is 2.13. The first kappa shape index (κ1) is 18.2. The first-order valence-corrected chi connectivity index (χ1v) is 8.02. The largest absolute Gasteiger partial charge is 0.433 e. The van der Waals surface area contributed by atoms with Crippen LogP contribution < -0.4 is 15.4 Å². The Labute approximate surface area is 154 Å². The maximum absolute atomic E-state index is 12.5. The Morgan fingerprint density at radius 3 is 2.44 bits per heavy atom. The Balaban J connectivity index is 1.72. The number of anilines is 3. The Hall–Kier alpha value is -3.55. The number of aryl methyl sites for hydroxylation is 1. The van der Waals surface area contributed by atoms with E-state index in [0.717, 1.165) is 5.56 Å². The smallest absolute Gasteiger partial charge is 0.387 e. The monoisotopic (exact) mass is 370 g/mol. The van der Waals surface area contributed by atoms with Crippen molar-refractivity contribution in [3.63, 3.8) is 0 Å². The van der Waals surface area contributed by atoms with Gasteiger partial charge in [-0.15, -0.1) is 0 Å². The number of alkyl halides is 2. The topological polar surface area (TPSA) is 76.1 Å². The van der Waals surface area contributed by atoms with Crippen molar-refractivity contribution in [3.05, 3.63) is 72.1 Å². The van der Waals surface area contributed by atoms with Crippen molar-refractivity contribution >= 4 is 23.2 Å². The molecule has 0 atom stereocenters. The number of rotatable bonds is 6. The molecule has 6 nitrogen and oxygen atoms in total. The molecule has 0 aliphatic rings. The number of nitrogens with zero attached hydrogens (tertiary/aromatic N) is 2. The number of carbonyl (C=O) groups is 1. The van der Waals surface area contributed by atoms with E-state index in [-0.39, 0.29) is 11.4 Å². The van der Waals surface area contributed by atoms with Gasteiger partial charge in [0.05, 0.1) is 5.69 Å². The zero-order valence-corrected chi connectivity index (χ0v) is 14.3. The fourth-order valence-electron chi connectivity index (χ4n) is 2.33. The lowest BCUT2D eigenvalue weighted by molar-refractivity contribution is -0.0493. The van der Waals surface area contributed by atoms with Gasteiger partial charge in [0.25, 0.3) is 5.91 Å². The Morgan fingerprint density at radius 1 is 1.07 bits per heavy atom. The predicted molar refractivity (Wildman–Crippen MR) is 97.5 cm³/mol. The molecular weight excluding hydrogens is 354 g/mol. The summed E-state index contributed by atoms with van der Waals surface area (Å²) in [6, 6.07) is 12.9. The van der Waals surface area contributed by atoms with Crippen LogP contribution in [0.3, 0.4) is 0 Å². The Morgan fingerprint density at radius 2 is 1.78 bits per heavy atom. The summed E-state index contributed by atoms with van der Waals surface area (Å²) in [6.07, 6.45) is 3.22. The van der Waals surface area contributed by atoms with Crippen molar-refractivity contribution in [2.45, 2.75) is 13.5 Å². The minimum absolute atomic E-state index is 0.0940. The highest BCUT2D eigenvalue weighted by molar-refractivity contribution is 6.05. The summed E-state index contributed by atoms with van der Waals surface area (Å²) < 4.78 is 29.5. The average Bonchev–Trinajstić information content (AvgIpc) is 2.65. The van der Waals surface area contributed by atoms with Crippen LogP contribution in [0.5, 0.6) is 5.75 Å². The van der Waals surface area contributed by atoms with Gasteiger partial charge in [0.2, 0.25) is 5.95 Å². The molecular formula is C19H16F2N4O2. The summed E-state index contributed by atoms with van der Waals surface area (Å²) in [5.74, 6) is -0.103. The molecule has 0 saturated heterocycles. The number of ether oxygens (including phenoxy) is 1. The second-order valence-electron chi connectivity index (χ2n) is 5.61. The second-order valence-corrected chi connectivity index (χ2v) is 5.61. The summed E-state index contributed by atoms with van der Waals surface area (Å²) in [5.41, 5.74) is 2.04. The lowest BCUT2D eigenvalue weighted by Gasteiger charge is -2.13. The molecule has 0 aliphatic carbocycles. The predicted octanol–water partition coefficient (Wildman–Crippen LogP) is 4.38. The summed E-state index contributed by atoms with van der Waals surface area (Å²) in [7, 11) is 0. The minimum Gasteiger partial charge on any atom is -0.433 e. The standard InChI is InChI=1S/C19H16F2N4O2/c1-12-3-8-16(27-18(20)21)15(11-12)25-17(26)13-4-6-14(7-5-13)24-19-22-9-2-10-23-19/h2-11,18H,1H3,(H,25,26)(H,22,23,24). The third-order valence-corrected chi connectivity index (χ3v) is 3.57. The van der Waals surface area contributed by atoms with Gasteiger partial charge in [-0.05, 0) is 55.0 Å². The van der Waals surface area contributed by atoms with Crippen LogP contribution in [0.15, 0.2) is 60.9 Å². The van der Waals surface area contributed by atoms with Crippen molar-refractivity contribution in [2.75, 3.05) is 10.6 Å². The van der Waals surface area contributed by atoms with E-state index in [2.05, 4.69) is 25.3 Å². The van der Waals surface area contributed by atoms with Gasteiger partial charge in [-0.2, -0.15) is 8.78 Å². The number of hydrogen-bond donors (Lipinski definition) is 2. The van der Waals surface area contributed by atoms with Crippen LogP contribution in [0.25, 0.3) is 0 Å². The van der Waals surface area contributed by atoms with Crippen molar-refractivity contribution in [2.24, 2.45) is 0 Å². The average molecular weight is 370 g/mol. The number of aromatic nitrogens is 2. The third kappa shape index (κ3) is 4.97. The number of hydrogen-bond acceptors (Lipinski definition) is 5. The maximum atomic E-state index is 12.5. The molecule has 2 aromatic carbocycles. The normalized spacial score (nSPS) is 10.5. The van der Waals surface area contributed by atoms with E-state index in [1.54, 1.807) is 61.8 Å². The van der Waals surface area contributed by atoms with Gasteiger partial charge in [-0.1, -0.05) is 6.07 Å². The molecule has 0 aliphatic heterocycles. The quantitative estimate of drug-likeness (QED) is 0.673. The summed E-state index contributed by atoms with van der Waals surface area (Å²) in [4.78, 5) is 20.5. The molecule has 0 unspecified atom stereocenters. The van der Waals surface area contributed by atoms with E-state index in [0.29, 0.717) is 17.2 Å². The minimum atomic E-state index is -2.98. The molecule has 138 valence electrons. The molecule has 1 aromatic heterocycles. The molecule has 8 heteroatoms. The molecule has 3 aromatic rings. The highest BCUT2D eigenvalue weighted by Crippen LogP contribution is 2.28. The van der Waals surface area contributed by atoms with Gasteiger partial charge in [-0.25, -0.2) is 9.97 Å². The number of amides is 1. The van der Waals surface area contributed by atoms with E-state index in [1.165, 1.54) is 6.07 Å². The third-order valence-electron chi connectivity index (χ3n) is 3.57. The summed E-state index contributed by atoms with van der Waals surface area (Å²) in [6.45, 7) is -1.19. The lowest BCUT2D eigenvalue weighted by Crippen LogP contribution is -2.14. The van der Waals surface area contributed by atoms with Gasteiger partial charge in [0, 0.05) is 23.6 Å². The van der Waals surface area contributed by atoms with E-state index < -0.39 is 12.5 Å². The Kier molecular flexibility index (Phi) is 5.55. The summed E-state index contributed by atoms with van der Waals surface area (Å²) in [5, 5.41) is 5.60. The van der Waals surface area contributed by atoms with Crippen molar-refractivity contribution in [3.8, 4) is 5.75 Å². The molecule has 1 heterocycles. The zero-order chi connectivity index (χ0) is 19.2. The van der Waals surface area contributed by atoms with Crippen LogP contribution in [-0.4, -0.2) is 22.5 Å². The van der Waals surface area contributed by atoms with Gasteiger partial charge in [-0.3, -0.25) is 4.79 Å². The number of nitrogens with one attached hydrogen (secondary N) is 2. The zero-order valence-electron chi connectivity index (χ0n) is 14.3. The van der Waals surface area contributed by atoms with E-state index in [4.69, 9.17) is 0 Å². The lowest BCUT2D eigenvalue weighted by atomic mass is 10.1. The first-order chi connectivity index (χ1) is 13.0. The van der Waals surface area contributed by atoms with Crippen LogP contribution in [0, 0.1) is 6.92 Å². The van der Waals surface area contributed by atoms with Crippen LogP contribution >= 0.6 is 0 Å². The SMILES string of the molecule is Cc1ccc(OC(F)F)c(NC(=O)c2ccc(Nc3ncccn3)cc2)c1. The van der Waals surface area contributed by atoms with E-state index in [9.17, 15) is 13.6 Å². The van der Waals surface area contributed by atoms with Crippen LogP contribution in [0.4, 0.5) is 26.1 Å². The molecule has 3 rings (SSSR count). The molecule has 2 N–H and O–H groups in total. The molecule has 0 bridgehead atoms. The second kappa shape index (κ2) is 8.22. The summed E-state index contributed by atoms with van der Waals surface area (Å²) >= 11 is 0. The van der Waals surface area contributed by atoms with Gasteiger partial charge in [0.1, 0.15) is 5.75 Å². The van der Waals surface area contributed by atoms with Gasteiger partial charge >= 0.3 is 6.61 Å². The van der Waals surface area contributed by atoms with Gasteiger partial charge < -0.3 is 15.4 Å².